The van der Waals surface area contributed by atoms with Gasteiger partial charge in [-0.05, 0) is 49.6 Å². The van der Waals surface area contributed by atoms with Crippen LogP contribution in [0.25, 0.3) is 11.0 Å². The minimum atomic E-state index is -2.56. The first-order chi connectivity index (χ1) is 11.6. The lowest BCUT2D eigenvalue weighted by Crippen LogP contribution is -2.44. The summed E-state index contributed by atoms with van der Waals surface area (Å²) in [5, 5.41) is 0.199. The van der Waals surface area contributed by atoms with Gasteiger partial charge in [-0.2, -0.15) is 8.78 Å². The highest BCUT2D eigenvalue weighted by Gasteiger charge is 2.27. The minimum absolute atomic E-state index is 0.0131. The number of aromatic nitrogens is 2. The highest BCUT2D eigenvalue weighted by atomic mass is 32.2. The summed E-state index contributed by atoms with van der Waals surface area (Å²) in [7, 11) is 0. The number of carbonyl (C=O) groups excluding carboxylic acids is 1. The molecule has 1 aromatic heterocycles. The van der Waals surface area contributed by atoms with E-state index in [1.807, 2.05) is 23.1 Å². The Hall–Kier alpha value is -1.63. The summed E-state index contributed by atoms with van der Waals surface area (Å²) in [6.45, 7) is 2.90. The largest absolute Gasteiger partial charge is 0.338 e. The average Bonchev–Trinajstić information content (AvgIpc) is 2.91. The Kier molecular flexibility index (Phi) is 5.38. The molecule has 0 spiro atoms. The van der Waals surface area contributed by atoms with Gasteiger partial charge in [0, 0.05) is 12.6 Å². The normalized spacial score (nSPS) is 18.5. The van der Waals surface area contributed by atoms with Gasteiger partial charge in [-0.3, -0.25) is 4.79 Å². The molecule has 0 N–H and O–H groups in total. The van der Waals surface area contributed by atoms with E-state index in [0.29, 0.717) is 17.3 Å². The van der Waals surface area contributed by atoms with E-state index in [1.54, 1.807) is 10.6 Å². The number of carbonyl (C=O) groups is 1. The van der Waals surface area contributed by atoms with Crippen molar-refractivity contribution in [3.05, 3.63) is 24.3 Å². The molecule has 1 amide bonds. The number of likely N-dealkylation sites (tertiary alicyclic amines) is 1. The smallest absolute Gasteiger partial charge is 0.291 e. The molecule has 1 aliphatic heterocycles. The van der Waals surface area contributed by atoms with Gasteiger partial charge in [0.1, 0.15) is 6.54 Å². The molecule has 1 fully saturated rings. The van der Waals surface area contributed by atoms with Crippen molar-refractivity contribution in [1.29, 1.82) is 0 Å². The zero-order valence-electron chi connectivity index (χ0n) is 13.6. The molecule has 1 saturated heterocycles. The third-order valence-corrected chi connectivity index (χ3v) is 5.23. The van der Waals surface area contributed by atoms with Crippen LogP contribution in [0.2, 0.25) is 0 Å². The molecular formula is C17H21F2N3OS. The number of alkyl halides is 2. The number of thioether (sulfide) groups is 1. The minimum Gasteiger partial charge on any atom is -0.338 e. The van der Waals surface area contributed by atoms with E-state index >= 15 is 0 Å². The van der Waals surface area contributed by atoms with Crippen LogP contribution in [-0.4, -0.2) is 38.7 Å². The second kappa shape index (κ2) is 7.51. The van der Waals surface area contributed by atoms with Gasteiger partial charge in [0.2, 0.25) is 5.91 Å². The van der Waals surface area contributed by atoms with E-state index in [-0.39, 0.29) is 23.7 Å². The van der Waals surface area contributed by atoms with Gasteiger partial charge in [-0.1, -0.05) is 19.1 Å². The first-order valence-corrected chi connectivity index (χ1v) is 9.17. The van der Waals surface area contributed by atoms with E-state index in [9.17, 15) is 13.6 Å². The van der Waals surface area contributed by atoms with Crippen LogP contribution in [0.5, 0.6) is 0 Å². The number of fused-ring (bicyclic) bond motifs is 1. The number of hydrogen-bond donors (Lipinski definition) is 0. The Morgan fingerprint density at radius 2 is 2.17 bits per heavy atom. The molecule has 0 radical (unpaired) electrons. The van der Waals surface area contributed by atoms with Crippen LogP contribution in [0.3, 0.4) is 0 Å². The van der Waals surface area contributed by atoms with Gasteiger partial charge >= 0.3 is 0 Å². The van der Waals surface area contributed by atoms with Crippen molar-refractivity contribution in [2.24, 2.45) is 0 Å². The summed E-state index contributed by atoms with van der Waals surface area (Å²) in [4.78, 5) is 19.0. The standard InChI is InChI=1S/C17H21F2N3OS/c1-2-12-7-5-6-10-21(12)15(23)11-22-14-9-4-3-8-13(14)20-17(22)24-16(18)19/h3-4,8-9,12,16H,2,5-7,10-11H2,1H3. The molecule has 1 atom stereocenters. The third kappa shape index (κ3) is 3.55. The average molecular weight is 353 g/mol. The van der Waals surface area contributed by atoms with Gasteiger partial charge < -0.3 is 9.47 Å². The van der Waals surface area contributed by atoms with Crippen LogP contribution in [-0.2, 0) is 11.3 Å². The summed E-state index contributed by atoms with van der Waals surface area (Å²) in [6, 6.07) is 7.50. The van der Waals surface area contributed by atoms with Crippen LogP contribution in [0.15, 0.2) is 29.4 Å². The maximum atomic E-state index is 12.9. The predicted molar refractivity (Wildman–Crippen MR) is 91.2 cm³/mol. The third-order valence-electron chi connectivity index (χ3n) is 4.53. The molecule has 24 heavy (non-hydrogen) atoms. The van der Waals surface area contributed by atoms with Crippen molar-refractivity contribution in [1.82, 2.24) is 14.5 Å². The number of amides is 1. The molecule has 1 aromatic carbocycles. The van der Waals surface area contributed by atoms with Crippen molar-refractivity contribution in [2.75, 3.05) is 6.54 Å². The quantitative estimate of drug-likeness (QED) is 0.758. The summed E-state index contributed by atoms with van der Waals surface area (Å²) >= 11 is 0.394. The lowest BCUT2D eigenvalue weighted by atomic mass is 10.00. The number of benzene rings is 1. The Balaban J connectivity index is 1.89. The predicted octanol–water partition coefficient (Wildman–Crippen LogP) is 4.14. The van der Waals surface area contributed by atoms with Crippen molar-refractivity contribution in [3.63, 3.8) is 0 Å². The molecule has 130 valence electrons. The van der Waals surface area contributed by atoms with E-state index in [0.717, 1.165) is 37.7 Å². The second-order valence-corrected chi connectivity index (χ2v) is 6.95. The molecule has 0 aliphatic carbocycles. The van der Waals surface area contributed by atoms with Crippen molar-refractivity contribution in [2.45, 2.75) is 56.1 Å². The molecule has 0 bridgehead atoms. The first-order valence-electron chi connectivity index (χ1n) is 8.29. The summed E-state index contributed by atoms with van der Waals surface area (Å²) < 4.78 is 27.3. The monoisotopic (exact) mass is 353 g/mol. The molecule has 0 saturated carbocycles. The maximum absolute atomic E-state index is 12.9. The maximum Gasteiger partial charge on any atom is 0.291 e. The number of halogens is 2. The van der Waals surface area contributed by atoms with Crippen molar-refractivity contribution in [3.8, 4) is 0 Å². The van der Waals surface area contributed by atoms with Crippen molar-refractivity contribution >= 4 is 28.7 Å². The van der Waals surface area contributed by atoms with Gasteiger partial charge in [-0.15, -0.1) is 0 Å². The van der Waals surface area contributed by atoms with E-state index in [1.165, 1.54) is 0 Å². The number of para-hydroxylation sites is 2. The molecule has 1 unspecified atom stereocenters. The highest BCUT2D eigenvalue weighted by Crippen LogP contribution is 2.29. The molecular weight excluding hydrogens is 332 g/mol. The molecule has 2 aromatic rings. The number of hydrogen-bond acceptors (Lipinski definition) is 3. The SMILES string of the molecule is CCC1CCCCN1C(=O)Cn1c(SC(F)F)nc2ccccc21. The molecule has 3 rings (SSSR count). The second-order valence-electron chi connectivity index (χ2n) is 5.99. The van der Waals surface area contributed by atoms with Gasteiger partial charge in [-0.25, -0.2) is 4.98 Å². The Labute approximate surface area is 144 Å². The van der Waals surface area contributed by atoms with Crippen LogP contribution in [0.4, 0.5) is 8.78 Å². The summed E-state index contributed by atoms with van der Waals surface area (Å²) in [6.07, 6.45) is 4.09. The van der Waals surface area contributed by atoms with Gasteiger partial charge in [0.05, 0.1) is 11.0 Å². The molecule has 2 heterocycles. The summed E-state index contributed by atoms with van der Waals surface area (Å²) in [5.41, 5.74) is 1.36. The molecule has 7 heteroatoms. The van der Waals surface area contributed by atoms with E-state index in [4.69, 9.17) is 0 Å². The number of imidazole rings is 1. The zero-order valence-corrected chi connectivity index (χ0v) is 14.4. The van der Waals surface area contributed by atoms with E-state index in [2.05, 4.69) is 11.9 Å². The van der Waals surface area contributed by atoms with Gasteiger partial charge in [0.25, 0.3) is 5.76 Å². The lowest BCUT2D eigenvalue weighted by Gasteiger charge is -2.35. The molecule has 1 aliphatic rings. The fraction of sp³-hybridized carbons (Fsp3) is 0.529. The first kappa shape index (κ1) is 17.2. The highest BCUT2D eigenvalue weighted by molar-refractivity contribution is 7.99. The zero-order chi connectivity index (χ0) is 17.1. The number of nitrogens with zero attached hydrogens (tertiary/aromatic N) is 3. The van der Waals surface area contributed by atoms with Crippen LogP contribution in [0, 0.1) is 0 Å². The Morgan fingerprint density at radius 1 is 1.38 bits per heavy atom. The fourth-order valence-electron chi connectivity index (χ4n) is 3.36. The summed E-state index contributed by atoms with van der Waals surface area (Å²) in [5.74, 6) is -2.57. The topological polar surface area (TPSA) is 38.1 Å². The van der Waals surface area contributed by atoms with Gasteiger partial charge in [0.15, 0.2) is 5.16 Å². The molecule has 4 nitrogen and oxygen atoms in total. The number of rotatable bonds is 5. The fourth-order valence-corrected chi connectivity index (χ4v) is 3.96. The van der Waals surface area contributed by atoms with E-state index < -0.39 is 5.76 Å². The van der Waals surface area contributed by atoms with Crippen LogP contribution >= 0.6 is 11.8 Å². The Morgan fingerprint density at radius 3 is 2.92 bits per heavy atom. The lowest BCUT2D eigenvalue weighted by molar-refractivity contribution is -0.135. The Bertz CT molecular complexity index is 719. The number of piperidine rings is 1. The van der Waals surface area contributed by atoms with Crippen LogP contribution < -0.4 is 0 Å². The van der Waals surface area contributed by atoms with Crippen LogP contribution in [0.1, 0.15) is 32.6 Å². The van der Waals surface area contributed by atoms with Crippen molar-refractivity contribution < 1.29 is 13.6 Å².